The summed E-state index contributed by atoms with van der Waals surface area (Å²) in [5.41, 5.74) is 14.8. The summed E-state index contributed by atoms with van der Waals surface area (Å²) in [7, 11) is 6.39. The van der Waals surface area contributed by atoms with Crippen molar-refractivity contribution in [1.29, 1.82) is 0 Å². The van der Waals surface area contributed by atoms with Crippen molar-refractivity contribution in [3.8, 4) is 39.1 Å². The lowest BCUT2D eigenvalue weighted by molar-refractivity contribution is 0.490. The number of fused-ring (bicyclic) bond motifs is 8. The molecular weight excluding hydrogens is 613 g/mol. The second-order valence-corrected chi connectivity index (χ2v) is 14.2. The maximum Gasteiger partial charge on any atom is 0.113 e. The number of benzene rings is 8. The molecule has 0 N–H and O–H groups in total. The van der Waals surface area contributed by atoms with Gasteiger partial charge in [0.2, 0.25) is 0 Å². The van der Waals surface area contributed by atoms with E-state index in [0.717, 1.165) is 18.3 Å². The maximum atomic E-state index is 6.39. The molecule has 0 amide bonds. The Morgan fingerprint density at radius 2 is 0.961 bits per heavy atom. The summed E-state index contributed by atoms with van der Waals surface area (Å²) in [6, 6.07) is 58.4. The standard InChI is InChI=1S/C49H36BN/c1-3-49(4-2)45-29-35(50)21-23-41(45)42-24-22-36(30-46(42)49)51-47-25-19-33(39-17-9-13-31-11-5-7-15-37(31)39)27-43(47)44-28-34(20-26-48(44)51)40-18-10-14-32-12-6-8-16-38(32)40/h5-30H,3-4H2,1-2H3. The van der Waals surface area contributed by atoms with Crippen LogP contribution in [0.25, 0.3) is 82.4 Å². The van der Waals surface area contributed by atoms with Crippen LogP contribution in [0, 0.1) is 0 Å². The first-order valence-electron chi connectivity index (χ1n) is 18.2. The number of hydrogen-bond donors (Lipinski definition) is 0. The van der Waals surface area contributed by atoms with Gasteiger partial charge in [-0.2, -0.15) is 0 Å². The minimum Gasteiger partial charge on any atom is -0.309 e. The van der Waals surface area contributed by atoms with Crippen molar-refractivity contribution >= 4 is 56.7 Å². The Balaban J connectivity index is 1.24. The van der Waals surface area contributed by atoms with E-state index in [1.54, 1.807) is 0 Å². The minimum absolute atomic E-state index is 0.0715. The van der Waals surface area contributed by atoms with Crippen LogP contribution in [0.5, 0.6) is 0 Å². The predicted octanol–water partition coefficient (Wildman–Crippen LogP) is 12.3. The fourth-order valence-electron chi connectivity index (χ4n) is 9.24. The summed E-state index contributed by atoms with van der Waals surface area (Å²) in [5, 5.41) is 7.57. The average Bonchev–Trinajstić information content (AvgIpc) is 3.65. The molecule has 0 saturated heterocycles. The summed E-state index contributed by atoms with van der Waals surface area (Å²) in [5.74, 6) is 0. The van der Waals surface area contributed by atoms with Gasteiger partial charge in [0.15, 0.2) is 0 Å². The number of hydrogen-bond acceptors (Lipinski definition) is 0. The Bertz CT molecular complexity index is 2700. The topological polar surface area (TPSA) is 4.93 Å². The third kappa shape index (κ3) is 4.36. The Kier molecular flexibility index (Phi) is 6.67. The van der Waals surface area contributed by atoms with Gasteiger partial charge in [0.05, 0.1) is 11.0 Å². The van der Waals surface area contributed by atoms with E-state index >= 15 is 0 Å². The van der Waals surface area contributed by atoms with Gasteiger partial charge in [-0.3, -0.25) is 0 Å². The van der Waals surface area contributed by atoms with Gasteiger partial charge in [0.1, 0.15) is 7.85 Å². The lowest BCUT2D eigenvalue weighted by atomic mass is 9.73. The fraction of sp³-hybridized carbons (Fsp3) is 0.102. The molecule has 240 valence electrons. The van der Waals surface area contributed by atoms with Gasteiger partial charge in [-0.05, 0) is 115 Å². The Morgan fingerprint density at radius 3 is 1.53 bits per heavy atom. The number of rotatable bonds is 5. The zero-order valence-corrected chi connectivity index (χ0v) is 28.9. The molecular formula is C49H36BN. The van der Waals surface area contributed by atoms with Crippen molar-refractivity contribution in [2.75, 3.05) is 0 Å². The molecule has 2 heteroatoms. The van der Waals surface area contributed by atoms with E-state index in [4.69, 9.17) is 7.85 Å². The van der Waals surface area contributed by atoms with Crippen molar-refractivity contribution in [3.05, 3.63) is 169 Å². The van der Waals surface area contributed by atoms with Crippen LogP contribution in [0.2, 0.25) is 0 Å². The molecule has 0 spiro atoms. The first kappa shape index (κ1) is 30.0. The van der Waals surface area contributed by atoms with E-state index < -0.39 is 0 Å². The maximum absolute atomic E-state index is 6.39. The summed E-state index contributed by atoms with van der Waals surface area (Å²) < 4.78 is 2.48. The molecule has 51 heavy (non-hydrogen) atoms. The van der Waals surface area contributed by atoms with Crippen LogP contribution in [0.4, 0.5) is 0 Å². The second kappa shape index (κ2) is 11.3. The van der Waals surface area contributed by atoms with E-state index in [1.165, 1.54) is 93.5 Å². The minimum atomic E-state index is -0.0715. The molecule has 9 aromatic rings. The summed E-state index contributed by atoms with van der Waals surface area (Å²) >= 11 is 0. The highest BCUT2D eigenvalue weighted by Crippen LogP contribution is 2.53. The van der Waals surface area contributed by atoms with Gasteiger partial charge < -0.3 is 4.57 Å². The molecule has 0 bridgehead atoms. The van der Waals surface area contributed by atoms with Crippen molar-refractivity contribution in [1.82, 2.24) is 4.57 Å². The van der Waals surface area contributed by atoms with E-state index in [1.807, 2.05) is 6.07 Å². The van der Waals surface area contributed by atoms with Gasteiger partial charge in [0, 0.05) is 21.9 Å². The molecule has 0 unspecified atom stereocenters. The normalized spacial score (nSPS) is 13.3. The quantitative estimate of drug-likeness (QED) is 0.164. The molecule has 1 nitrogen and oxygen atoms in total. The monoisotopic (exact) mass is 649 g/mol. The second-order valence-electron chi connectivity index (χ2n) is 14.2. The number of aromatic nitrogens is 1. The third-order valence-corrected chi connectivity index (χ3v) is 11.8. The molecule has 0 aliphatic heterocycles. The van der Waals surface area contributed by atoms with Crippen LogP contribution < -0.4 is 5.46 Å². The molecule has 1 aliphatic carbocycles. The van der Waals surface area contributed by atoms with Crippen molar-refractivity contribution in [2.24, 2.45) is 0 Å². The van der Waals surface area contributed by atoms with Crippen LogP contribution >= 0.6 is 0 Å². The summed E-state index contributed by atoms with van der Waals surface area (Å²) in [6.07, 6.45) is 2.04. The molecule has 2 radical (unpaired) electrons. The highest BCUT2D eigenvalue weighted by atomic mass is 15.0. The predicted molar refractivity (Wildman–Crippen MR) is 219 cm³/mol. The van der Waals surface area contributed by atoms with Gasteiger partial charge >= 0.3 is 0 Å². The lowest BCUT2D eigenvalue weighted by Gasteiger charge is -2.30. The fourth-order valence-corrected chi connectivity index (χ4v) is 9.24. The van der Waals surface area contributed by atoms with Gasteiger partial charge in [-0.25, -0.2) is 0 Å². The van der Waals surface area contributed by atoms with Gasteiger partial charge in [0.25, 0.3) is 0 Å². The molecule has 1 heterocycles. The lowest BCUT2D eigenvalue weighted by Crippen LogP contribution is -2.24. The van der Waals surface area contributed by atoms with Crippen LogP contribution in [0.15, 0.2) is 158 Å². The van der Waals surface area contributed by atoms with E-state index in [2.05, 4.69) is 170 Å². The SMILES string of the molecule is [B]c1ccc2c(c1)C(CC)(CC)c1cc(-n3c4ccc(-c5cccc6ccccc56)cc4c4cc(-c5cccc6ccccc56)ccc43)ccc1-2. The Hall–Kier alpha value is -5.86. The molecule has 8 aromatic carbocycles. The van der Waals surface area contributed by atoms with Crippen molar-refractivity contribution in [3.63, 3.8) is 0 Å². The van der Waals surface area contributed by atoms with Crippen LogP contribution in [0.3, 0.4) is 0 Å². The summed E-state index contributed by atoms with van der Waals surface area (Å²) in [4.78, 5) is 0. The zero-order valence-electron chi connectivity index (χ0n) is 28.9. The highest BCUT2D eigenvalue weighted by Gasteiger charge is 2.40. The molecule has 0 fully saturated rings. The Labute approximate surface area is 300 Å². The van der Waals surface area contributed by atoms with Crippen molar-refractivity contribution < 1.29 is 0 Å². The molecule has 10 rings (SSSR count). The number of nitrogens with zero attached hydrogens (tertiary/aromatic N) is 1. The Morgan fingerprint density at radius 1 is 0.451 bits per heavy atom. The largest absolute Gasteiger partial charge is 0.309 e. The smallest absolute Gasteiger partial charge is 0.113 e. The zero-order chi connectivity index (χ0) is 34.3. The highest BCUT2D eigenvalue weighted by molar-refractivity contribution is 6.32. The first-order valence-corrected chi connectivity index (χ1v) is 18.2. The van der Waals surface area contributed by atoms with E-state index in [-0.39, 0.29) is 5.41 Å². The van der Waals surface area contributed by atoms with Gasteiger partial charge in [-0.15, -0.1) is 0 Å². The van der Waals surface area contributed by atoms with Crippen molar-refractivity contribution in [2.45, 2.75) is 32.1 Å². The van der Waals surface area contributed by atoms with E-state index in [0.29, 0.717) is 0 Å². The van der Waals surface area contributed by atoms with Crippen LogP contribution in [-0.2, 0) is 5.41 Å². The molecule has 1 aromatic heterocycles. The average molecular weight is 650 g/mol. The summed E-state index contributed by atoms with van der Waals surface area (Å²) in [6.45, 7) is 4.64. The molecule has 0 atom stereocenters. The molecule has 0 saturated carbocycles. The van der Waals surface area contributed by atoms with Crippen LogP contribution in [0.1, 0.15) is 37.8 Å². The van der Waals surface area contributed by atoms with Crippen LogP contribution in [-0.4, -0.2) is 12.4 Å². The van der Waals surface area contributed by atoms with E-state index in [9.17, 15) is 0 Å². The molecule has 1 aliphatic rings. The van der Waals surface area contributed by atoms with Gasteiger partial charge in [-0.1, -0.05) is 141 Å². The first-order chi connectivity index (χ1) is 25.1. The third-order valence-electron chi connectivity index (χ3n) is 11.8.